The molecule has 2 unspecified atom stereocenters. The number of rotatable bonds is 5. The van der Waals surface area contributed by atoms with Crippen molar-refractivity contribution in [2.75, 3.05) is 18.8 Å². The lowest BCUT2D eigenvalue weighted by Gasteiger charge is -2.33. The molecule has 0 amide bonds. The molecule has 0 aliphatic carbocycles. The monoisotopic (exact) mass is 279 g/mol. The minimum Gasteiger partial charge on any atom is -0.481 e. The van der Waals surface area contributed by atoms with Crippen LogP contribution in [0, 0.1) is 11.8 Å². The van der Waals surface area contributed by atoms with Crippen molar-refractivity contribution in [3.8, 4) is 0 Å². The average molecular weight is 279 g/mol. The first-order chi connectivity index (χ1) is 8.29. The van der Waals surface area contributed by atoms with Crippen molar-refractivity contribution in [3.63, 3.8) is 0 Å². The molecule has 1 heterocycles. The minimum absolute atomic E-state index is 0.0369. The molecule has 1 rings (SSSR count). The summed E-state index contributed by atoms with van der Waals surface area (Å²) in [5.74, 6) is -4.69. The van der Waals surface area contributed by atoms with Crippen LogP contribution >= 0.6 is 0 Å². The van der Waals surface area contributed by atoms with Crippen molar-refractivity contribution in [3.05, 3.63) is 0 Å². The van der Waals surface area contributed by atoms with Crippen LogP contribution in [-0.4, -0.2) is 53.7 Å². The van der Waals surface area contributed by atoms with Gasteiger partial charge in [-0.3, -0.25) is 9.59 Å². The summed E-state index contributed by atoms with van der Waals surface area (Å²) >= 11 is 0. The van der Waals surface area contributed by atoms with Gasteiger partial charge in [-0.15, -0.1) is 0 Å². The second kappa shape index (κ2) is 5.66. The summed E-state index contributed by atoms with van der Waals surface area (Å²) in [6.45, 7) is 1.54. The van der Waals surface area contributed by atoms with Crippen LogP contribution in [0.3, 0.4) is 0 Å². The predicted molar refractivity (Wildman–Crippen MR) is 62.5 cm³/mol. The number of hydrogen-bond acceptors (Lipinski definition) is 4. The van der Waals surface area contributed by atoms with Gasteiger partial charge < -0.3 is 10.2 Å². The molecule has 1 saturated heterocycles. The van der Waals surface area contributed by atoms with Crippen molar-refractivity contribution >= 4 is 22.0 Å². The van der Waals surface area contributed by atoms with Crippen LogP contribution in [-0.2, 0) is 19.6 Å². The Morgan fingerprint density at radius 2 is 1.78 bits per heavy atom. The first kappa shape index (κ1) is 14.9. The molecule has 2 atom stereocenters. The van der Waals surface area contributed by atoms with Gasteiger partial charge in [0.1, 0.15) is 0 Å². The fourth-order valence-corrected chi connectivity index (χ4v) is 3.65. The molecule has 8 heteroatoms. The molecule has 0 radical (unpaired) electrons. The van der Waals surface area contributed by atoms with Crippen LogP contribution in [0.15, 0.2) is 0 Å². The summed E-state index contributed by atoms with van der Waals surface area (Å²) in [6.07, 6.45) is 0.480. The molecule has 0 aromatic rings. The molecule has 0 saturated carbocycles. The Bertz CT molecular complexity index is 432. The van der Waals surface area contributed by atoms with Crippen molar-refractivity contribution in [1.82, 2.24) is 4.31 Å². The highest BCUT2D eigenvalue weighted by molar-refractivity contribution is 7.89. The Kier molecular flexibility index (Phi) is 4.69. The summed E-state index contributed by atoms with van der Waals surface area (Å²) in [5, 5.41) is 17.9. The average Bonchev–Trinajstić information content (AvgIpc) is 2.27. The summed E-state index contributed by atoms with van der Waals surface area (Å²) in [6, 6.07) is 0. The Morgan fingerprint density at radius 3 is 2.22 bits per heavy atom. The van der Waals surface area contributed by atoms with Crippen LogP contribution in [0.2, 0.25) is 0 Å². The topological polar surface area (TPSA) is 112 Å². The van der Waals surface area contributed by atoms with Gasteiger partial charge in [-0.25, -0.2) is 12.7 Å². The van der Waals surface area contributed by atoms with E-state index in [0.717, 1.165) is 4.31 Å². The lowest BCUT2D eigenvalue weighted by Crippen LogP contribution is -2.49. The van der Waals surface area contributed by atoms with E-state index in [2.05, 4.69) is 0 Å². The Balaban J connectivity index is 2.87. The second-order valence-electron chi connectivity index (χ2n) is 4.35. The normalized spacial score (nSPS) is 25.8. The standard InChI is InChI=1S/C10H17NO6S/c1-2-5-18(16,17)11-4-3-7(9(12)13)8(6-11)10(14)15/h7-8H,2-6H2,1H3,(H,12,13)(H,14,15). The van der Waals surface area contributed by atoms with E-state index >= 15 is 0 Å². The number of nitrogens with zero attached hydrogens (tertiary/aromatic N) is 1. The number of carboxylic acid groups (broad SMARTS) is 2. The van der Waals surface area contributed by atoms with Crippen molar-refractivity contribution in [2.45, 2.75) is 19.8 Å². The fourth-order valence-electron chi connectivity index (χ4n) is 2.11. The zero-order chi connectivity index (χ0) is 13.9. The van der Waals surface area contributed by atoms with E-state index in [1.165, 1.54) is 0 Å². The van der Waals surface area contributed by atoms with Crippen molar-refractivity contribution in [2.24, 2.45) is 11.8 Å². The fraction of sp³-hybridized carbons (Fsp3) is 0.800. The van der Waals surface area contributed by atoms with Gasteiger partial charge in [0.05, 0.1) is 17.6 Å². The zero-order valence-electron chi connectivity index (χ0n) is 10.1. The highest BCUT2D eigenvalue weighted by Gasteiger charge is 2.41. The maximum absolute atomic E-state index is 11.8. The molecule has 1 aliphatic heterocycles. The van der Waals surface area contributed by atoms with Crippen LogP contribution in [0.1, 0.15) is 19.8 Å². The largest absolute Gasteiger partial charge is 0.481 e. The molecule has 0 aromatic carbocycles. The molecular formula is C10H17NO6S. The first-order valence-electron chi connectivity index (χ1n) is 5.73. The lowest BCUT2D eigenvalue weighted by atomic mass is 9.86. The second-order valence-corrected chi connectivity index (χ2v) is 6.44. The Hall–Kier alpha value is -1.15. The third kappa shape index (κ3) is 3.20. The van der Waals surface area contributed by atoms with Crippen LogP contribution in [0.25, 0.3) is 0 Å². The molecular weight excluding hydrogens is 262 g/mol. The number of carboxylic acids is 2. The molecule has 0 spiro atoms. The van der Waals surface area contributed by atoms with E-state index in [1.54, 1.807) is 6.92 Å². The van der Waals surface area contributed by atoms with Crippen LogP contribution in [0.5, 0.6) is 0 Å². The molecule has 7 nitrogen and oxygen atoms in total. The van der Waals surface area contributed by atoms with Gasteiger partial charge in [-0.2, -0.15) is 0 Å². The Morgan fingerprint density at radius 1 is 1.22 bits per heavy atom. The van der Waals surface area contributed by atoms with Gasteiger partial charge in [-0.05, 0) is 12.8 Å². The first-order valence-corrected chi connectivity index (χ1v) is 7.34. The van der Waals surface area contributed by atoms with Gasteiger partial charge in [0.25, 0.3) is 0 Å². The summed E-state index contributed by atoms with van der Waals surface area (Å²) < 4.78 is 24.7. The third-order valence-corrected chi connectivity index (χ3v) is 5.11. The number of piperidine rings is 1. The van der Waals surface area contributed by atoms with Crippen molar-refractivity contribution < 1.29 is 28.2 Å². The van der Waals surface area contributed by atoms with Crippen LogP contribution < -0.4 is 0 Å². The van der Waals surface area contributed by atoms with E-state index < -0.39 is 33.8 Å². The molecule has 104 valence electrons. The highest BCUT2D eigenvalue weighted by Crippen LogP contribution is 2.26. The van der Waals surface area contributed by atoms with Crippen molar-refractivity contribution in [1.29, 1.82) is 0 Å². The van der Waals surface area contributed by atoms with Gasteiger partial charge in [0.15, 0.2) is 0 Å². The minimum atomic E-state index is -3.47. The van der Waals surface area contributed by atoms with E-state index in [9.17, 15) is 18.0 Å². The molecule has 2 N–H and O–H groups in total. The lowest BCUT2D eigenvalue weighted by molar-refractivity contribution is -0.156. The SMILES string of the molecule is CCCS(=O)(=O)N1CCC(C(=O)O)C(C(=O)O)C1. The van der Waals surface area contributed by atoms with Gasteiger partial charge in [-0.1, -0.05) is 6.92 Å². The number of carbonyl (C=O) groups is 2. The number of sulfonamides is 1. The maximum atomic E-state index is 11.8. The van der Waals surface area contributed by atoms with Gasteiger partial charge >= 0.3 is 11.9 Å². The number of aliphatic carboxylic acids is 2. The van der Waals surface area contributed by atoms with E-state index in [-0.39, 0.29) is 25.3 Å². The van der Waals surface area contributed by atoms with Gasteiger partial charge in [0, 0.05) is 13.1 Å². The molecule has 0 aromatic heterocycles. The van der Waals surface area contributed by atoms with Crippen LogP contribution in [0.4, 0.5) is 0 Å². The molecule has 1 aliphatic rings. The van der Waals surface area contributed by atoms with E-state index in [4.69, 9.17) is 10.2 Å². The highest BCUT2D eigenvalue weighted by atomic mass is 32.2. The zero-order valence-corrected chi connectivity index (χ0v) is 10.9. The Labute approximate surface area is 105 Å². The molecule has 0 bridgehead atoms. The molecule has 18 heavy (non-hydrogen) atoms. The summed E-state index contributed by atoms with van der Waals surface area (Å²) in [7, 11) is -3.47. The van der Waals surface area contributed by atoms with E-state index in [0.29, 0.717) is 6.42 Å². The quantitative estimate of drug-likeness (QED) is 0.722. The summed E-state index contributed by atoms with van der Waals surface area (Å²) in [5.41, 5.74) is 0. The summed E-state index contributed by atoms with van der Waals surface area (Å²) in [4.78, 5) is 21.9. The van der Waals surface area contributed by atoms with E-state index in [1.807, 2.05) is 0 Å². The number of hydrogen-bond donors (Lipinski definition) is 2. The molecule has 1 fully saturated rings. The maximum Gasteiger partial charge on any atom is 0.308 e. The predicted octanol–water partition coefficient (Wildman–Crippen LogP) is -0.166. The third-order valence-electron chi connectivity index (χ3n) is 3.07. The van der Waals surface area contributed by atoms with Gasteiger partial charge in [0.2, 0.25) is 10.0 Å². The smallest absolute Gasteiger partial charge is 0.308 e.